The molecular formula is C19H16ClF3N2O3S. The van der Waals surface area contributed by atoms with E-state index in [4.69, 9.17) is 28.6 Å². The summed E-state index contributed by atoms with van der Waals surface area (Å²) < 4.78 is 46.8. The Bertz CT molecular complexity index is 939. The number of hydrogen-bond donors (Lipinski definition) is 3. The summed E-state index contributed by atoms with van der Waals surface area (Å²) in [5.74, 6) is -2.53. The molecule has 1 saturated heterocycles. The van der Waals surface area contributed by atoms with Crippen LogP contribution >= 0.6 is 23.8 Å². The van der Waals surface area contributed by atoms with Gasteiger partial charge in [0.05, 0.1) is 13.2 Å². The van der Waals surface area contributed by atoms with Gasteiger partial charge in [0.2, 0.25) is 5.72 Å². The number of hydrogen-bond acceptors (Lipinski definition) is 4. The molecule has 1 fully saturated rings. The Labute approximate surface area is 174 Å². The minimum absolute atomic E-state index is 0.0352. The van der Waals surface area contributed by atoms with Crippen molar-refractivity contribution in [1.29, 1.82) is 0 Å². The molecule has 0 aliphatic carbocycles. The number of ketones is 1. The molecule has 0 aromatic heterocycles. The number of alkyl halides is 3. The first kappa shape index (κ1) is 21.4. The first-order valence-electron chi connectivity index (χ1n) is 8.39. The van der Waals surface area contributed by atoms with Crippen LogP contribution in [-0.2, 0) is 0 Å². The number of carbonyl (C=O) groups is 1. The average molecular weight is 445 g/mol. The zero-order valence-electron chi connectivity index (χ0n) is 15.0. The monoisotopic (exact) mass is 444 g/mol. The zero-order chi connectivity index (χ0) is 21.4. The van der Waals surface area contributed by atoms with E-state index in [9.17, 15) is 23.1 Å². The predicted octanol–water partition coefficient (Wildman–Crippen LogP) is 3.62. The average Bonchev–Trinajstić information content (AvgIpc) is 2.66. The molecule has 0 bridgehead atoms. The zero-order valence-corrected chi connectivity index (χ0v) is 16.5. The van der Waals surface area contributed by atoms with Gasteiger partial charge in [-0.3, -0.25) is 4.79 Å². The van der Waals surface area contributed by atoms with Crippen LogP contribution in [0, 0.1) is 5.92 Å². The van der Waals surface area contributed by atoms with Crippen LogP contribution in [0.3, 0.4) is 0 Å². The van der Waals surface area contributed by atoms with Gasteiger partial charge in [-0.15, -0.1) is 0 Å². The predicted molar refractivity (Wildman–Crippen MR) is 105 cm³/mol. The lowest BCUT2D eigenvalue weighted by Gasteiger charge is -2.46. The van der Waals surface area contributed by atoms with E-state index in [0.29, 0.717) is 5.75 Å². The third kappa shape index (κ3) is 3.90. The summed E-state index contributed by atoms with van der Waals surface area (Å²) in [5, 5.41) is 14.8. The minimum Gasteiger partial charge on any atom is -0.497 e. The van der Waals surface area contributed by atoms with E-state index in [-0.39, 0.29) is 16.1 Å². The SMILES string of the molecule is COc1ccc(C(=O)C2C(c3ccccc3Cl)NC(=S)NC2(O)C(F)(F)F)cc1. The third-order valence-electron chi connectivity index (χ3n) is 4.70. The van der Waals surface area contributed by atoms with Crippen molar-refractivity contribution in [3.63, 3.8) is 0 Å². The van der Waals surface area contributed by atoms with Crippen LogP contribution in [0.15, 0.2) is 48.5 Å². The molecule has 1 heterocycles. The molecule has 3 rings (SSSR count). The Balaban J connectivity index is 2.16. The molecule has 2 aromatic rings. The Morgan fingerprint density at radius 3 is 2.38 bits per heavy atom. The molecule has 1 aliphatic rings. The van der Waals surface area contributed by atoms with Crippen LogP contribution in [-0.4, -0.2) is 35.0 Å². The summed E-state index contributed by atoms with van der Waals surface area (Å²) in [6.45, 7) is 0. The Kier molecular flexibility index (Phi) is 5.75. The second-order valence-corrected chi connectivity index (χ2v) is 7.25. The minimum atomic E-state index is -5.20. The van der Waals surface area contributed by atoms with Gasteiger partial charge in [-0.25, -0.2) is 0 Å². The number of halogens is 4. The number of nitrogens with one attached hydrogen (secondary N) is 2. The van der Waals surface area contributed by atoms with E-state index in [1.54, 1.807) is 12.1 Å². The molecule has 0 saturated carbocycles. The molecule has 1 aliphatic heterocycles. The van der Waals surface area contributed by atoms with Gasteiger partial charge < -0.3 is 20.5 Å². The van der Waals surface area contributed by atoms with Crippen LogP contribution in [0.4, 0.5) is 13.2 Å². The first-order valence-corrected chi connectivity index (χ1v) is 9.17. The van der Waals surface area contributed by atoms with Gasteiger partial charge in [0, 0.05) is 10.6 Å². The molecule has 0 radical (unpaired) electrons. The highest BCUT2D eigenvalue weighted by atomic mass is 35.5. The molecule has 3 atom stereocenters. The van der Waals surface area contributed by atoms with Crippen LogP contribution in [0.25, 0.3) is 0 Å². The Morgan fingerprint density at radius 2 is 1.83 bits per heavy atom. The van der Waals surface area contributed by atoms with Crippen molar-refractivity contribution in [2.24, 2.45) is 5.92 Å². The number of aliphatic hydroxyl groups is 1. The van der Waals surface area contributed by atoms with Crippen molar-refractivity contribution in [2.75, 3.05) is 7.11 Å². The lowest BCUT2D eigenvalue weighted by atomic mass is 9.77. The second-order valence-electron chi connectivity index (χ2n) is 6.43. The number of rotatable bonds is 4. The Hall–Kier alpha value is -2.36. The molecule has 29 heavy (non-hydrogen) atoms. The highest BCUT2D eigenvalue weighted by Crippen LogP contribution is 2.45. The standard InChI is InChI=1S/C19H16ClF3N2O3S/c1-28-11-8-6-10(7-9-11)16(26)14-15(12-4-2-3-5-13(12)20)24-17(29)25-18(14,27)19(21,22)23/h2-9,14-15,27H,1H3,(H2,24,25,29). The number of ether oxygens (including phenoxy) is 1. The van der Waals surface area contributed by atoms with Gasteiger partial charge in [0.1, 0.15) is 11.7 Å². The van der Waals surface area contributed by atoms with Crippen LogP contribution < -0.4 is 15.4 Å². The highest BCUT2D eigenvalue weighted by Gasteiger charge is 2.65. The van der Waals surface area contributed by atoms with Crippen molar-refractivity contribution in [2.45, 2.75) is 17.9 Å². The lowest BCUT2D eigenvalue weighted by Crippen LogP contribution is -2.72. The molecular weight excluding hydrogens is 429 g/mol. The fraction of sp³-hybridized carbons (Fsp3) is 0.263. The van der Waals surface area contributed by atoms with Crippen molar-refractivity contribution < 1.29 is 27.8 Å². The summed E-state index contributed by atoms with van der Waals surface area (Å²) >= 11 is 11.1. The first-order chi connectivity index (χ1) is 13.6. The molecule has 10 heteroatoms. The molecule has 0 spiro atoms. The van der Waals surface area contributed by atoms with E-state index >= 15 is 0 Å². The van der Waals surface area contributed by atoms with Crippen molar-refractivity contribution in [1.82, 2.24) is 10.6 Å². The van der Waals surface area contributed by atoms with E-state index in [1.165, 1.54) is 43.5 Å². The summed E-state index contributed by atoms with van der Waals surface area (Å²) in [7, 11) is 1.42. The van der Waals surface area contributed by atoms with Crippen LogP contribution in [0.5, 0.6) is 5.75 Å². The maximum Gasteiger partial charge on any atom is 0.437 e. The number of methoxy groups -OCH3 is 1. The van der Waals surface area contributed by atoms with Gasteiger partial charge >= 0.3 is 6.18 Å². The molecule has 0 amide bonds. The van der Waals surface area contributed by atoms with Gasteiger partial charge in [-0.2, -0.15) is 13.2 Å². The van der Waals surface area contributed by atoms with E-state index in [0.717, 1.165) is 0 Å². The van der Waals surface area contributed by atoms with Crippen molar-refractivity contribution in [3.8, 4) is 5.75 Å². The summed E-state index contributed by atoms with van der Waals surface area (Å²) in [4.78, 5) is 13.2. The maximum atomic E-state index is 13.9. The summed E-state index contributed by atoms with van der Waals surface area (Å²) in [6, 6.07) is 10.3. The lowest BCUT2D eigenvalue weighted by molar-refractivity contribution is -0.285. The van der Waals surface area contributed by atoms with E-state index < -0.39 is 34.8 Å². The van der Waals surface area contributed by atoms with Gasteiger partial charge in [-0.1, -0.05) is 29.8 Å². The smallest absolute Gasteiger partial charge is 0.437 e. The second kappa shape index (κ2) is 7.81. The van der Waals surface area contributed by atoms with Crippen molar-refractivity contribution >= 4 is 34.7 Å². The van der Waals surface area contributed by atoms with E-state index in [2.05, 4.69) is 5.32 Å². The molecule has 3 N–H and O–H groups in total. The summed E-state index contributed by atoms with van der Waals surface area (Å²) in [6.07, 6.45) is -5.20. The number of thiocarbonyl (C=S) groups is 1. The largest absolute Gasteiger partial charge is 0.497 e. The fourth-order valence-electron chi connectivity index (χ4n) is 3.26. The van der Waals surface area contributed by atoms with E-state index in [1.807, 2.05) is 5.32 Å². The van der Waals surface area contributed by atoms with Gasteiger partial charge in [-0.05, 0) is 48.1 Å². The van der Waals surface area contributed by atoms with Crippen LogP contribution in [0.2, 0.25) is 5.02 Å². The van der Waals surface area contributed by atoms with Gasteiger partial charge in [0.25, 0.3) is 0 Å². The quantitative estimate of drug-likeness (QED) is 0.494. The fourth-order valence-corrected chi connectivity index (χ4v) is 3.80. The number of carbonyl (C=O) groups excluding carboxylic acids is 1. The highest BCUT2D eigenvalue weighted by molar-refractivity contribution is 7.80. The van der Waals surface area contributed by atoms with Crippen LogP contribution in [0.1, 0.15) is 22.0 Å². The number of benzene rings is 2. The molecule has 154 valence electrons. The summed E-state index contributed by atoms with van der Waals surface area (Å²) in [5.41, 5.74) is -3.43. The normalized spacial score (nSPS) is 24.4. The Morgan fingerprint density at radius 1 is 1.21 bits per heavy atom. The van der Waals surface area contributed by atoms with Crippen molar-refractivity contribution in [3.05, 3.63) is 64.7 Å². The third-order valence-corrected chi connectivity index (χ3v) is 5.27. The molecule has 5 nitrogen and oxygen atoms in total. The molecule has 3 unspecified atom stereocenters. The number of Topliss-reactive ketones (excluding diaryl/α,β-unsaturated/α-hetero) is 1. The topological polar surface area (TPSA) is 70.6 Å². The maximum absolute atomic E-state index is 13.9. The molecule has 2 aromatic carbocycles. The van der Waals surface area contributed by atoms with Gasteiger partial charge in [0.15, 0.2) is 10.9 Å².